The highest BCUT2D eigenvalue weighted by molar-refractivity contribution is 5.23. The van der Waals surface area contributed by atoms with Crippen molar-refractivity contribution in [3.8, 4) is 0 Å². The Balaban J connectivity index is 2.30. The summed E-state index contributed by atoms with van der Waals surface area (Å²) in [5.74, 6) is -0.363. The lowest BCUT2D eigenvalue weighted by Gasteiger charge is -2.33. The number of ether oxygens (including phenoxy) is 1. The Hall–Kier alpha value is -0.930. The van der Waals surface area contributed by atoms with E-state index in [9.17, 15) is 9.50 Å². The summed E-state index contributed by atoms with van der Waals surface area (Å²) in [5, 5.41) is 10.3. The number of halogens is 1. The van der Waals surface area contributed by atoms with Crippen molar-refractivity contribution in [1.29, 1.82) is 0 Å². The van der Waals surface area contributed by atoms with Gasteiger partial charge in [0, 0.05) is 12.7 Å². The molecule has 1 N–H and O–H groups in total. The summed E-state index contributed by atoms with van der Waals surface area (Å²) >= 11 is 0. The molecule has 0 heterocycles. The van der Waals surface area contributed by atoms with Crippen LogP contribution in [0.1, 0.15) is 37.4 Å². The molecule has 1 aromatic carbocycles. The standard InChI is InChI=1S/C13H17FO2/c1-16-13(8-4-5-9-13)12(15)10-6-2-3-7-11(10)14/h2-3,6-7,12,15H,4-5,8-9H2,1H3. The third kappa shape index (κ3) is 1.85. The van der Waals surface area contributed by atoms with Crippen LogP contribution >= 0.6 is 0 Å². The quantitative estimate of drug-likeness (QED) is 0.855. The smallest absolute Gasteiger partial charge is 0.129 e. The highest BCUT2D eigenvalue weighted by Gasteiger charge is 2.42. The Bertz CT molecular complexity index is 359. The maximum Gasteiger partial charge on any atom is 0.129 e. The van der Waals surface area contributed by atoms with Gasteiger partial charge in [0.1, 0.15) is 11.9 Å². The predicted octanol–water partition coefficient (Wildman–Crippen LogP) is 2.82. The molecule has 3 heteroatoms. The molecule has 2 nitrogen and oxygen atoms in total. The van der Waals surface area contributed by atoms with E-state index in [4.69, 9.17) is 4.74 Å². The first kappa shape index (κ1) is 11.6. The molecule has 0 radical (unpaired) electrons. The second-order valence-corrected chi connectivity index (χ2v) is 4.40. The Morgan fingerprint density at radius 3 is 2.50 bits per heavy atom. The normalized spacial score (nSPS) is 20.9. The lowest BCUT2D eigenvalue weighted by atomic mass is 9.89. The van der Waals surface area contributed by atoms with Crippen molar-refractivity contribution < 1.29 is 14.2 Å². The van der Waals surface area contributed by atoms with Gasteiger partial charge in [0.25, 0.3) is 0 Å². The fourth-order valence-corrected chi connectivity index (χ4v) is 2.54. The molecule has 1 fully saturated rings. The van der Waals surface area contributed by atoms with Gasteiger partial charge >= 0.3 is 0 Å². The summed E-state index contributed by atoms with van der Waals surface area (Å²) in [7, 11) is 1.59. The molecule has 0 spiro atoms. The van der Waals surface area contributed by atoms with Gasteiger partial charge in [-0.1, -0.05) is 31.0 Å². The van der Waals surface area contributed by atoms with Crippen LogP contribution in [0.4, 0.5) is 4.39 Å². The van der Waals surface area contributed by atoms with Gasteiger partial charge in [-0.3, -0.25) is 0 Å². The Kier molecular flexibility index (Phi) is 3.26. The maximum atomic E-state index is 13.6. The summed E-state index contributed by atoms with van der Waals surface area (Å²) in [6.07, 6.45) is 2.76. The van der Waals surface area contributed by atoms with E-state index in [0.29, 0.717) is 5.56 Å². The number of benzene rings is 1. The summed E-state index contributed by atoms with van der Waals surface area (Å²) < 4.78 is 19.0. The van der Waals surface area contributed by atoms with E-state index in [-0.39, 0.29) is 5.82 Å². The van der Waals surface area contributed by atoms with Crippen molar-refractivity contribution >= 4 is 0 Å². The zero-order valence-corrected chi connectivity index (χ0v) is 9.45. The molecule has 1 unspecified atom stereocenters. The minimum absolute atomic E-state index is 0.339. The van der Waals surface area contributed by atoms with Crippen molar-refractivity contribution in [1.82, 2.24) is 0 Å². The van der Waals surface area contributed by atoms with Crippen LogP contribution in [-0.2, 0) is 4.74 Å². The van der Waals surface area contributed by atoms with Crippen LogP contribution in [0, 0.1) is 5.82 Å². The van der Waals surface area contributed by atoms with Gasteiger partial charge in [-0.25, -0.2) is 4.39 Å². The Labute approximate surface area is 95.1 Å². The minimum atomic E-state index is -0.874. The van der Waals surface area contributed by atoms with Gasteiger partial charge < -0.3 is 9.84 Å². The number of rotatable bonds is 3. The molecule has 0 amide bonds. The van der Waals surface area contributed by atoms with E-state index in [1.54, 1.807) is 25.3 Å². The van der Waals surface area contributed by atoms with E-state index in [1.807, 2.05) is 0 Å². The van der Waals surface area contributed by atoms with Crippen LogP contribution in [0.25, 0.3) is 0 Å². The molecule has 0 bridgehead atoms. The first-order chi connectivity index (χ1) is 7.69. The van der Waals surface area contributed by atoms with Crippen LogP contribution in [-0.4, -0.2) is 17.8 Å². The third-order valence-electron chi connectivity index (χ3n) is 3.55. The van der Waals surface area contributed by atoms with Gasteiger partial charge in [0.05, 0.1) is 5.60 Å². The molecule has 0 aromatic heterocycles. The minimum Gasteiger partial charge on any atom is -0.385 e. The molecule has 1 saturated carbocycles. The number of methoxy groups -OCH3 is 1. The average Bonchev–Trinajstić information content (AvgIpc) is 2.78. The van der Waals surface area contributed by atoms with E-state index < -0.39 is 11.7 Å². The third-order valence-corrected chi connectivity index (χ3v) is 3.55. The lowest BCUT2D eigenvalue weighted by molar-refractivity contribution is -0.101. The van der Waals surface area contributed by atoms with Crippen molar-refractivity contribution in [3.63, 3.8) is 0 Å². The molecule has 0 aliphatic heterocycles. The maximum absolute atomic E-state index is 13.6. The van der Waals surface area contributed by atoms with Gasteiger partial charge in [0.15, 0.2) is 0 Å². The summed E-state index contributed by atoms with van der Waals surface area (Å²) in [4.78, 5) is 0. The largest absolute Gasteiger partial charge is 0.385 e. The number of aliphatic hydroxyl groups excluding tert-OH is 1. The Morgan fingerprint density at radius 2 is 1.94 bits per heavy atom. The second kappa shape index (κ2) is 4.52. The molecule has 1 aliphatic carbocycles. The zero-order valence-electron chi connectivity index (χ0n) is 9.45. The molecule has 88 valence electrons. The van der Waals surface area contributed by atoms with Crippen LogP contribution in [0.2, 0.25) is 0 Å². The summed E-state index contributed by atoms with van der Waals surface area (Å²) in [6, 6.07) is 6.36. The topological polar surface area (TPSA) is 29.5 Å². The lowest BCUT2D eigenvalue weighted by Crippen LogP contribution is -2.35. The number of hydrogen-bond donors (Lipinski definition) is 1. The van der Waals surface area contributed by atoms with Gasteiger partial charge in [-0.05, 0) is 18.9 Å². The van der Waals surface area contributed by atoms with E-state index in [1.165, 1.54) is 6.07 Å². The molecule has 1 atom stereocenters. The van der Waals surface area contributed by atoms with Crippen molar-refractivity contribution in [2.24, 2.45) is 0 Å². The first-order valence-corrected chi connectivity index (χ1v) is 5.67. The van der Waals surface area contributed by atoms with Gasteiger partial charge in [-0.2, -0.15) is 0 Å². The summed E-state index contributed by atoms with van der Waals surface area (Å²) in [5.41, 5.74) is -0.256. The number of hydrogen-bond acceptors (Lipinski definition) is 2. The van der Waals surface area contributed by atoms with E-state index >= 15 is 0 Å². The highest BCUT2D eigenvalue weighted by Crippen LogP contribution is 2.42. The monoisotopic (exact) mass is 224 g/mol. The van der Waals surface area contributed by atoms with Crippen LogP contribution < -0.4 is 0 Å². The summed E-state index contributed by atoms with van der Waals surface area (Å²) in [6.45, 7) is 0. The van der Waals surface area contributed by atoms with Gasteiger partial charge in [-0.15, -0.1) is 0 Å². The number of aliphatic hydroxyl groups is 1. The molecule has 1 aliphatic rings. The van der Waals surface area contributed by atoms with Gasteiger partial charge in [0.2, 0.25) is 0 Å². The van der Waals surface area contributed by atoms with Crippen molar-refractivity contribution in [3.05, 3.63) is 35.6 Å². The fourth-order valence-electron chi connectivity index (χ4n) is 2.54. The zero-order chi connectivity index (χ0) is 11.6. The second-order valence-electron chi connectivity index (χ2n) is 4.40. The molecule has 0 saturated heterocycles. The fraction of sp³-hybridized carbons (Fsp3) is 0.538. The van der Waals surface area contributed by atoms with Crippen molar-refractivity contribution in [2.75, 3.05) is 7.11 Å². The van der Waals surface area contributed by atoms with Crippen LogP contribution in [0.15, 0.2) is 24.3 Å². The first-order valence-electron chi connectivity index (χ1n) is 5.67. The SMILES string of the molecule is COC1(C(O)c2ccccc2F)CCCC1. The molecular formula is C13H17FO2. The molecule has 16 heavy (non-hydrogen) atoms. The molecule has 1 aromatic rings. The van der Waals surface area contributed by atoms with Crippen molar-refractivity contribution in [2.45, 2.75) is 37.4 Å². The molecular weight excluding hydrogens is 207 g/mol. The predicted molar refractivity (Wildman–Crippen MR) is 59.6 cm³/mol. The van der Waals surface area contributed by atoms with E-state index in [0.717, 1.165) is 25.7 Å². The highest BCUT2D eigenvalue weighted by atomic mass is 19.1. The molecule has 2 rings (SSSR count). The average molecular weight is 224 g/mol. The Morgan fingerprint density at radius 1 is 1.31 bits per heavy atom. The van der Waals surface area contributed by atoms with E-state index in [2.05, 4.69) is 0 Å². The van der Waals surface area contributed by atoms with Crippen LogP contribution in [0.5, 0.6) is 0 Å². The van der Waals surface area contributed by atoms with Crippen LogP contribution in [0.3, 0.4) is 0 Å².